The van der Waals surface area contributed by atoms with E-state index in [1.807, 2.05) is 12.1 Å². The summed E-state index contributed by atoms with van der Waals surface area (Å²) < 4.78 is 0. The van der Waals surface area contributed by atoms with E-state index in [0.29, 0.717) is 17.8 Å². The number of rotatable bonds is 2. The number of nitriles is 1. The van der Waals surface area contributed by atoms with Crippen molar-refractivity contribution < 1.29 is 0 Å². The van der Waals surface area contributed by atoms with Crippen LogP contribution in [0.1, 0.15) is 53.0 Å². The number of hydrogen-bond donors (Lipinski definition) is 0. The zero-order chi connectivity index (χ0) is 16.7. The molecule has 1 heterocycles. The first-order valence-electron chi connectivity index (χ1n) is 9.04. The molecular formula is C22H25ClN2. The maximum atomic E-state index is 9.08. The summed E-state index contributed by atoms with van der Waals surface area (Å²) in [4.78, 5) is 2.59. The first kappa shape index (κ1) is 18.0. The van der Waals surface area contributed by atoms with Crippen molar-refractivity contribution in [2.24, 2.45) is 5.92 Å². The van der Waals surface area contributed by atoms with Crippen molar-refractivity contribution in [1.82, 2.24) is 4.90 Å². The largest absolute Gasteiger partial charge is 0.303 e. The van der Waals surface area contributed by atoms with Crippen LogP contribution in [0.4, 0.5) is 0 Å². The molecule has 1 aliphatic heterocycles. The van der Waals surface area contributed by atoms with Gasteiger partial charge in [0.15, 0.2) is 0 Å². The lowest BCUT2D eigenvalue weighted by atomic mass is 9.78. The van der Waals surface area contributed by atoms with Gasteiger partial charge in [-0.25, -0.2) is 0 Å². The Labute approximate surface area is 156 Å². The standard InChI is InChI=1S/C22H24N2.ClH/c1-3-24-11-10-19-21(14-24)18-9-4-15(2)12-20(18)22(19)17-7-5-16(13-23)6-8-17;/h4-9,12,19,21-22H,3,10-11,14H2,1-2H3;1H/t19-,21-,22+;/m1./s1. The van der Waals surface area contributed by atoms with Crippen LogP contribution in [0.15, 0.2) is 42.5 Å². The van der Waals surface area contributed by atoms with Gasteiger partial charge in [0.05, 0.1) is 11.6 Å². The van der Waals surface area contributed by atoms with E-state index >= 15 is 0 Å². The average molecular weight is 353 g/mol. The van der Waals surface area contributed by atoms with E-state index in [-0.39, 0.29) is 12.4 Å². The van der Waals surface area contributed by atoms with Gasteiger partial charge in [0.2, 0.25) is 0 Å². The first-order valence-corrected chi connectivity index (χ1v) is 9.04. The summed E-state index contributed by atoms with van der Waals surface area (Å²) in [6.45, 7) is 7.99. The van der Waals surface area contributed by atoms with Crippen molar-refractivity contribution in [3.63, 3.8) is 0 Å². The molecule has 4 rings (SSSR count). The quantitative estimate of drug-likeness (QED) is 0.771. The second-order valence-electron chi connectivity index (χ2n) is 7.30. The van der Waals surface area contributed by atoms with Gasteiger partial charge in [-0.05, 0) is 61.2 Å². The lowest BCUT2D eigenvalue weighted by Gasteiger charge is -2.37. The molecule has 2 nitrogen and oxygen atoms in total. The Bertz CT molecular complexity index is 791. The van der Waals surface area contributed by atoms with E-state index in [2.05, 4.69) is 55.1 Å². The predicted molar refractivity (Wildman–Crippen MR) is 104 cm³/mol. The van der Waals surface area contributed by atoms with Gasteiger partial charge in [-0.1, -0.05) is 42.8 Å². The van der Waals surface area contributed by atoms with Gasteiger partial charge >= 0.3 is 0 Å². The summed E-state index contributed by atoms with van der Waals surface area (Å²) in [6, 6.07) is 17.5. The normalized spacial score (nSPS) is 24.8. The average Bonchev–Trinajstić information content (AvgIpc) is 2.94. The molecule has 1 fully saturated rings. The Morgan fingerprint density at radius 2 is 1.88 bits per heavy atom. The fraction of sp³-hybridized carbons (Fsp3) is 0.409. The number of likely N-dealkylation sites (N-methyl/N-ethyl adjacent to an activating group) is 1. The Morgan fingerprint density at radius 1 is 1.12 bits per heavy atom. The van der Waals surface area contributed by atoms with Gasteiger partial charge in [0.1, 0.15) is 0 Å². The Kier molecular flexibility index (Phi) is 5.18. The molecule has 0 saturated carbocycles. The highest BCUT2D eigenvalue weighted by molar-refractivity contribution is 5.85. The summed E-state index contributed by atoms with van der Waals surface area (Å²) in [7, 11) is 0. The highest BCUT2D eigenvalue weighted by Gasteiger charge is 2.43. The van der Waals surface area contributed by atoms with Gasteiger partial charge in [-0.2, -0.15) is 5.26 Å². The molecule has 0 spiro atoms. The van der Waals surface area contributed by atoms with Crippen LogP contribution in [0.3, 0.4) is 0 Å². The lowest BCUT2D eigenvalue weighted by Crippen LogP contribution is -2.38. The summed E-state index contributed by atoms with van der Waals surface area (Å²) in [6.07, 6.45) is 1.26. The second-order valence-corrected chi connectivity index (χ2v) is 7.30. The highest BCUT2D eigenvalue weighted by atomic mass is 35.5. The third kappa shape index (κ3) is 3.08. The second kappa shape index (κ2) is 7.20. The van der Waals surface area contributed by atoms with Crippen molar-refractivity contribution in [3.05, 3.63) is 70.3 Å². The molecule has 0 bridgehead atoms. The predicted octanol–water partition coefficient (Wildman–Crippen LogP) is 4.86. The number of halogens is 1. The Balaban J connectivity index is 0.00000182. The molecule has 1 aliphatic carbocycles. The molecule has 0 amide bonds. The van der Waals surface area contributed by atoms with E-state index in [0.717, 1.165) is 12.1 Å². The molecule has 3 atom stereocenters. The fourth-order valence-corrected chi connectivity index (χ4v) is 4.78. The lowest BCUT2D eigenvalue weighted by molar-refractivity contribution is 0.167. The third-order valence-corrected chi connectivity index (χ3v) is 6.00. The zero-order valence-corrected chi connectivity index (χ0v) is 15.7. The van der Waals surface area contributed by atoms with Crippen LogP contribution in [0.5, 0.6) is 0 Å². The summed E-state index contributed by atoms with van der Waals surface area (Å²) >= 11 is 0. The Hall–Kier alpha value is -1.82. The van der Waals surface area contributed by atoms with Crippen LogP contribution < -0.4 is 0 Å². The molecule has 0 N–H and O–H groups in total. The van der Waals surface area contributed by atoms with Crippen molar-refractivity contribution in [2.45, 2.75) is 32.1 Å². The van der Waals surface area contributed by atoms with E-state index in [4.69, 9.17) is 5.26 Å². The van der Waals surface area contributed by atoms with Crippen molar-refractivity contribution >= 4 is 12.4 Å². The zero-order valence-electron chi connectivity index (χ0n) is 14.9. The molecule has 0 aromatic heterocycles. The SMILES string of the molecule is CCN1CC[C@H]2[C@H](c3ccc(C#N)cc3)c3cc(C)ccc3[C@H]2C1.Cl. The van der Waals surface area contributed by atoms with E-state index < -0.39 is 0 Å². The summed E-state index contributed by atoms with van der Waals surface area (Å²) in [5.41, 5.74) is 6.54. The Morgan fingerprint density at radius 3 is 2.56 bits per heavy atom. The van der Waals surface area contributed by atoms with Crippen molar-refractivity contribution in [1.29, 1.82) is 5.26 Å². The molecule has 0 unspecified atom stereocenters. The van der Waals surface area contributed by atoms with Crippen LogP contribution in [-0.2, 0) is 0 Å². The maximum Gasteiger partial charge on any atom is 0.0991 e. The van der Waals surface area contributed by atoms with Crippen molar-refractivity contribution in [2.75, 3.05) is 19.6 Å². The van der Waals surface area contributed by atoms with Crippen LogP contribution in [0.2, 0.25) is 0 Å². The first-order chi connectivity index (χ1) is 11.7. The molecular weight excluding hydrogens is 328 g/mol. The van der Waals surface area contributed by atoms with Gasteiger partial charge < -0.3 is 4.90 Å². The number of aryl methyl sites for hydroxylation is 1. The minimum Gasteiger partial charge on any atom is -0.303 e. The van der Waals surface area contributed by atoms with Gasteiger partial charge in [0, 0.05) is 18.4 Å². The maximum absolute atomic E-state index is 9.08. The van der Waals surface area contributed by atoms with Crippen LogP contribution in [0.25, 0.3) is 0 Å². The van der Waals surface area contributed by atoms with Crippen molar-refractivity contribution in [3.8, 4) is 6.07 Å². The van der Waals surface area contributed by atoms with Gasteiger partial charge in [0.25, 0.3) is 0 Å². The minimum absolute atomic E-state index is 0. The molecule has 130 valence electrons. The van der Waals surface area contributed by atoms with Crippen LogP contribution >= 0.6 is 12.4 Å². The van der Waals surface area contributed by atoms with E-state index in [1.165, 1.54) is 36.2 Å². The monoisotopic (exact) mass is 352 g/mol. The third-order valence-electron chi connectivity index (χ3n) is 6.00. The van der Waals surface area contributed by atoms with Crippen LogP contribution in [-0.4, -0.2) is 24.5 Å². The minimum atomic E-state index is 0. The molecule has 3 heteroatoms. The molecule has 2 aromatic rings. The van der Waals surface area contributed by atoms with Gasteiger partial charge in [-0.3, -0.25) is 0 Å². The molecule has 2 aromatic carbocycles. The number of piperidine rings is 1. The smallest absolute Gasteiger partial charge is 0.0991 e. The highest BCUT2D eigenvalue weighted by Crippen LogP contribution is 2.53. The molecule has 2 aliphatic rings. The topological polar surface area (TPSA) is 27.0 Å². The summed E-state index contributed by atoms with van der Waals surface area (Å²) in [5.74, 6) is 1.82. The summed E-state index contributed by atoms with van der Waals surface area (Å²) in [5, 5.41) is 9.08. The molecule has 25 heavy (non-hydrogen) atoms. The number of hydrogen-bond acceptors (Lipinski definition) is 2. The van der Waals surface area contributed by atoms with E-state index in [9.17, 15) is 0 Å². The van der Waals surface area contributed by atoms with Gasteiger partial charge in [-0.15, -0.1) is 12.4 Å². The molecule has 1 saturated heterocycles. The number of likely N-dealkylation sites (tertiary alicyclic amines) is 1. The number of benzene rings is 2. The number of fused-ring (bicyclic) bond motifs is 3. The van der Waals surface area contributed by atoms with Crippen LogP contribution in [0, 0.1) is 24.2 Å². The number of nitrogens with zero attached hydrogens (tertiary/aromatic N) is 2. The van der Waals surface area contributed by atoms with E-state index in [1.54, 1.807) is 5.56 Å². The molecule has 0 radical (unpaired) electrons. The fourth-order valence-electron chi connectivity index (χ4n) is 4.78.